The second-order valence-corrected chi connectivity index (χ2v) is 5.37. The zero-order chi connectivity index (χ0) is 19.7. The smallest absolute Gasteiger partial charge is 0.406 e. The van der Waals surface area contributed by atoms with Crippen LogP contribution in [0.5, 0.6) is 5.75 Å². The molecule has 5 nitrogen and oxygen atoms in total. The molecule has 1 atom stereocenters. The Labute approximate surface area is 143 Å². The van der Waals surface area contributed by atoms with Gasteiger partial charge >= 0.3 is 12.5 Å². The van der Waals surface area contributed by atoms with Crippen molar-refractivity contribution in [1.29, 1.82) is 0 Å². The van der Waals surface area contributed by atoms with E-state index in [4.69, 9.17) is 0 Å². The lowest BCUT2D eigenvalue weighted by Crippen LogP contribution is -2.28. The van der Waals surface area contributed by atoms with Crippen molar-refractivity contribution >= 4 is 5.91 Å². The predicted octanol–water partition coefficient (Wildman–Crippen LogP) is 3.83. The van der Waals surface area contributed by atoms with Crippen molar-refractivity contribution in [1.82, 2.24) is 15.1 Å². The van der Waals surface area contributed by atoms with Gasteiger partial charge in [-0.25, -0.2) is 0 Å². The minimum Gasteiger partial charge on any atom is -0.406 e. The first-order valence-electron chi connectivity index (χ1n) is 7.14. The summed E-state index contributed by atoms with van der Waals surface area (Å²) < 4.78 is 79.6. The van der Waals surface area contributed by atoms with E-state index in [9.17, 15) is 31.1 Å². The van der Waals surface area contributed by atoms with Crippen LogP contribution >= 0.6 is 0 Å². The predicted molar refractivity (Wildman–Crippen MR) is 77.2 cm³/mol. The van der Waals surface area contributed by atoms with E-state index in [1.165, 1.54) is 26.1 Å². The minimum atomic E-state index is -4.84. The maximum atomic E-state index is 12.9. The van der Waals surface area contributed by atoms with Crippen LogP contribution in [0, 0.1) is 0 Å². The monoisotopic (exact) mass is 381 g/mol. The van der Waals surface area contributed by atoms with E-state index in [0.29, 0.717) is 5.56 Å². The average Bonchev–Trinajstić information content (AvgIpc) is 2.88. The SMILES string of the molecule is CC(NC(=O)c1cn(C)nc1C(F)(F)F)c1ccc(OC(F)(F)F)cc1. The Hall–Kier alpha value is -2.72. The van der Waals surface area contributed by atoms with Crippen molar-refractivity contribution < 1.29 is 35.9 Å². The van der Waals surface area contributed by atoms with E-state index in [1.807, 2.05) is 0 Å². The topological polar surface area (TPSA) is 56.2 Å². The van der Waals surface area contributed by atoms with Crippen molar-refractivity contribution in [3.05, 3.63) is 47.3 Å². The van der Waals surface area contributed by atoms with Gasteiger partial charge in [0.05, 0.1) is 11.6 Å². The molecule has 1 amide bonds. The molecule has 2 aromatic rings. The third-order valence-electron chi connectivity index (χ3n) is 3.30. The first-order chi connectivity index (χ1) is 11.9. The Morgan fingerprint density at radius 3 is 2.23 bits per heavy atom. The number of hydrogen-bond acceptors (Lipinski definition) is 3. The lowest BCUT2D eigenvalue weighted by Gasteiger charge is -2.15. The molecule has 0 aliphatic carbocycles. The first-order valence-corrected chi connectivity index (χ1v) is 7.14. The molecule has 0 spiro atoms. The van der Waals surface area contributed by atoms with Crippen LogP contribution in [0.25, 0.3) is 0 Å². The Balaban J connectivity index is 2.13. The van der Waals surface area contributed by atoms with Crippen molar-refractivity contribution in [2.24, 2.45) is 7.05 Å². The van der Waals surface area contributed by atoms with Gasteiger partial charge in [0.25, 0.3) is 5.91 Å². The van der Waals surface area contributed by atoms with Gasteiger partial charge in [-0.15, -0.1) is 13.2 Å². The number of halogens is 6. The summed E-state index contributed by atoms with van der Waals surface area (Å²) in [5, 5.41) is 5.59. The van der Waals surface area contributed by atoms with Crippen molar-refractivity contribution in [2.45, 2.75) is 25.5 Å². The van der Waals surface area contributed by atoms with Crippen LogP contribution < -0.4 is 10.1 Å². The fourth-order valence-electron chi connectivity index (χ4n) is 2.18. The number of nitrogens with zero attached hydrogens (tertiary/aromatic N) is 2. The van der Waals surface area contributed by atoms with E-state index < -0.39 is 41.5 Å². The number of hydrogen-bond donors (Lipinski definition) is 1. The molecule has 1 aromatic carbocycles. The number of alkyl halides is 6. The summed E-state index contributed by atoms with van der Waals surface area (Å²) in [7, 11) is 1.24. The molecule has 1 heterocycles. The third-order valence-corrected chi connectivity index (χ3v) is 3.30. The van der Waals surface area contributed by atoms with Gasteiger partial charge in [-0.05, 0) is 24.6 Å². The highest BCUT2D eigenvalue weighted by atomic mass is 19.4. The van der Waals surface area contributed by atoms with Crippen LogP contribution in [-0.4, -0.2) is 22.1 Å². The lowest BCUT2D eigenvalue weighted by molar-refractivity contribution is -0.274. The van der Waals surface area contributed by atoms with Gasteiger partial charge < -0.3 is 10.1 Å². The summed E-state index contributed by atoms with van der Waals surface area (Å²) in [6.45, 7) is 1.47. The highest BCUT2D eigenvalue weighted by Crippen LogP contribution is 2.31. The van der Waals surface area contributed by atoms with Crippen LogP contribution in [0.3, 0.4) is 0 Å². The quantitative estimate of drug-likeness (QED) is 0.819. The first kappa shape index (κ1) is 19.6. The van der Waals surface area contributed by atoms with Crippen LogP contribution in [0.4, 0.5) is 26.3 Å². The summed E-state index contributed by atoms with van der Waals surface area (Å²) in [5.74, 6) is -1.46. The number of nitrogens with one attached hydrogen (secondary N) is 1. The largest absolute Gasteiger partial charge is 0.573 e. The van der Waals surface area contributed by atoms with Crippen LogP contribution in [0.1, 0.15) is 34.6 Å². The molecule has 2 rings (SSSR count). The van der Waals surface area contributed by atoms with Gasteiger partial charge in [-0.1, -0.05) is 12.1 Å². The van der Waals surface area contributed by atoms with Gasteiger partial charge in [0, 0.05) is 13.2 Å². The van der Waals surface area contributed by atoms with E-state index in [-0.39, 0.29) is 0 Å². The molecular formula is C15H13F6N3O2. The Morgan fingerprint density at radius 1 is 1.15 bits per heavy atom. The minimum absolute atomic E-state index is 0.380. The molecular weight excluding hydrogens is 368 g/mol. The molecule has 0 saturated heterocycles. The Morgan fingerprint density at radius 2 is 1.73 bits per heavy atom. The van der Waals surface area contributed by atoms with E-state index in [2.05, 4.69) is 15.2 Å². The molecule has 0 bridgehead atoms. The summed E-state index contributed by atoms with van der Waals surface area (Å²) in [6.07, 6.45) is -8.70. The third kappa shape index (κ3) is 4.90. The Kier molecular flexibility index (Phi) is 5.19. The van der Waals surface area contributed by atoms with E-state index in [0.717, 1.165) is 23.0 Å². The lowest BCUT2D eigenvalue weighted by atomic mass is 10.1. The number of ether oxygens (including phenoxy) is 1. The highest BCUT2D eigenvalue weighted by molar-refractivity contribution is 5.95. The van der Waals surface area contributed by atoms with Gasteiger partial charge in [-0.3, -0.25) is 9.48 Å². The fraction of sp³-hybridized carbons (Fsp3) is 0.333. The molecule has 0 saturated carbocycles. The molecule has 11 heteroatoms. The van der Waals surface area contributed by atoms with Crippen LogP contribution in [-0.2, 0) is 13.2 Å². The van der Waals surface area contributed by atoms with Gasteiger partial charge in [-0.2, -0.15) is 18.3 Å². The summed E-state index contributed by atoms with van der Waals surface area (Å²) >= 11 is 0. The number of aromatic nitrogens is 2. The van der Waals surface area contributed by atoms with Crippen molar-refractivity contribution in [2.75, 3.05) is 0 Å². The number of rotatable bonds is 4. The molecule has 0 aliphatic rings. The normalized spacial score (nSPS) is 13.4. The standard InChI is InChI=1S/C15H13F6N3O2/c1-8(9-3-5-10(6-4-9)26-15(19,20)21)22-13(25)11-7-24(2)23-12(11)14(16,17)18/h3-8H,1-2H3,(H,22,25). The number of amides is 1. The van der Waals surface area contributed by atoms with E-state index in [1.54, 1.807) is 0 Å². The summed E-state index contributed by atoms with van der Waals surface area (Å²) in [6, 6.07) is 3.84. The molecule has 1 aromatic heterocycles. The second kappa shape index (κ2) is 6.89. The molecule has 26 heavy (non-hydrogen) atoms. The van der Waals surface area contributed by atoms with Crippen LogP contribution in [0.2, 0.25) is 0 Å². The maximum Gasteiger partial charge on any atom is 0.573 e. The van der Waals surface area contributed by atoms with Crippen molar-refractivity contribution in [3.63, 3.8) is 0 Å². The fourth-order valence-corrected chi connectivity index (χ4v) is 2.18. The van der Waals surface area contributed by atoms with Gasteiger partial charge in [0.15, 0.2) is 5.69 Å². The number of carbonyl (C=O) groups is 1. The number of aryl methyl sites for hydroxylation is 1. The average molecular weight is 381 g/mol. The van der Waals surface area contributed by atoms with Crippen molar-refractivity contribution in [3.8, 4) is 5.75 Å². The summed E-state index contributed by atoms with van der Waals surface area (Å²) in [4.78, 5) is 12.1. The molecule has 0 fully saturated rings. The highest BCUT2D eigenvalue weighted by Gasteiger charge is 2.39. The van der Waals surface area contributed by atoms with Gasteiger partial charge in [0.2, 0.25) is 0 Å². The van der Waals surface area contributed by atoms with E-state index >= 15 is 0 Å². The summed E-state index contributed by atoms with van der Waals surface area (Å²) in [5.41, 5.74) is -1.59. The molecule has 1 unspecified atom stereocenters. The zero-order valence-corrected chi connectivity index (χ0v) is 13.4. The second-order valence-electron chi connectivity index (χ2n) is 5.37. The Bertz CT molecular complexity index is 780. The molecule has 142 valence electrons. The van der Waals surface area contributed by atoms with Gasteiger partial charge in [0.1, 0.15) is 5.75 Å². The molecule has 0 radical (unpaired) electrons. The molecule has 0 aliphatic heterocycles. The number of carbonyl (C=O) groups excluding carboxylic acids is 1. The number of benzene rings is 1. The van der Waals surface area contributed by atoms with Crippen LogP contribution in [0.15, 0.2) is 30.5 Å². The zero-order valence-electron chi connectivity index (χ0n) is 13.4. The maximum absolute atomic E-state index is 12.9. The molecule has 1 N–H and O–H groups in total.